The quantitative estimate of drug-likeness (QED) is 0.0628. The fourth-order valence-electron chi connectivity index (χ4n) is 4.32. The number of carbonyl (C=O) groups is 6. The lowest BCUT2D eigenvalue weighted by molar-refractivity contribution is -0.142. The van der Waals surface area contributed by atoms with Gasteiger partial charge in [0.15, 0.2) is 0 Å². The van der Waals surface area contributed by atoms with Crippen molar-refractivity contribution in [1.82, 2.24) is 21.3 Å². The predicted molar refractivity (Wildman–Crippen MR) is 196 cm³/mol. The number of hydrogen-bond acceptors (Lipinski definition) is 10. The molecule has 0 saturated carbocycles. The highest BCUT2D eigenvalue weighted by Gasteiger charge is 2.26. The first kappa shape index (κ1) is 44.6. The van der Waals surface area contributed by atoms with Gasteiger partial charge >= 0.3 is 18.2 Å². The van der Waals surface area contributed by atoms with Crippen LogP contribution in [-0.4, -0.2) is 89.9 Å². The number of rotatable bonds is 18. The van der Waals surface area contributed by atoms with Crippen LogP contribution in [0.15, 0.2) is 54.6 Å². The maximum atomic E-state index is 13.2. The van der Waals surface area contributed by atoms with Crippen molar-refractivity contribution >= 4 is 47.5 Å². The number of carboxylic acid groups (broad SMARTS) is 1. The molecule has 0 aliphatic rings. The minimum absolute atomic E-state index is 0.00334. The Kier molecular flexibility index (Phi) is 18.6. The smallest absolute Gasteiger partial charge is 0.414 e. The Balaban J connectivity index is 3.04. The van der Waals surface area contributed by atoms with Crippen molar-refractivity contribution in [2.24, 2.45) is 4.99 Å². The van der Waals surface area contributed by atoms with Gasteiger partial charge in [-0.25, -0.2) is 14.4 Å². The second-order valence-electron chi connectivity index (χ2n) is 13.5. The first-order chi connectivity index (χ1) is 24.2. The SMILES string of the molecule is C=CCOc1ccc(N(CCC(=O)NC(CCCCN=C(NC(=O)OC(C)(C)C)NC(=O)OC(C)(C)C)C(=O)N[C@@H](CC=C)C(=O)O)C(C)=O)cc1. The number of amides is 5. The molecule has 0 aliphatic heterocycles. The molecule has 0 fully saturated rings. The number of benzene rings is 1. The standard InChI is InChI=1S/C36H54N6O10/c1-10-14-28(31(46)47)39-30(45)27(38-29(44)20-22-42(24(3)43)25-16-18-26(19-17-25)50-23-11-2)15-12-13-21-37-32(40-33(48)51-35(4,5)6)41-34(49)52-36(7,8)9/h10-11,16-19,27-28H,1-2,12-15,20-23H2,3-9H3,(H,38,44)(H,39,45)(H,46,47)(H2,37,40,41,48,49)/t27?,28-/m0/s1. The number of carboxylic acids is 1. The summed E-state index contributed by atoms with van der Waals surface area (Å²) >= 11 is 0. The van der Waals surface area contributed by atoms with E-state index in [-0.39, 0.29) is 44.2 Å². The highest BCUT2D eigenvalue weighted by Crippen LogP contribution is 2.20. The van der Waals surface area contributed by atoms with Crippen molar-refractivity contribution in [3.05, 3.63) is 49.6 Å². The van der Waals surface area contributed by atoms with E-state index in [2.05, 4.69) is 39.4 Å². The number of ether oxygens (including phenoxy) is 3. The molecule has 0 radical (unpaired) electrons. The highest BCUT2D eigenvalue weighted by molar-refractivity contribution is 6.01. The van der Waals surface area contributed by atoms with Gasteiger partial charge in [-0.15, -0.1) is 6.58 Å². The van der Waals surface area contributed by atoms with E-state index in [1.807, 2.05) is 0 Å². The van der Waals surface area contributed by atoms with Crippen LogP contribution in [0.3, 0.4) is 0 Å². The van der Waals surface area contributed by atoms with Gasteiger partial charge in [0, 0.05) is 32.1 Å². The van der Waals surface area contributed by atoms with Crippen LogP contribution in [0.25, 0.3) is 0 Å². The molecule has 1 unspecified atom stereocenters. The third-order valence-electron chi connectivity index (χ3n) is 6.54. The Morgan fingerprint density at radius 2 is 1.44 bits per heavy atom. The van der Waals surface area contributed by atoms with Gasteiger partial charge in [-0.3, -0.25) is 30.0 Å². The van der Waals surface area contributed by atoms with Gasteiger partial charge < -0.3 is 34.9 Å². The van der Waals surface area contributed by atoms with Crippen LogP contribution in [0, 0.1) is 0 Å². The summed E-state index contributed by atoms with van der Waals surface area (Å²) in [7, 11) is 0. The molecular weight excluding hydrogens is 676 g/mol. The van der Waals surface area contributed by atoms with Gasteiger partial charge in [-0.05, 0) is 91.5 Å². The number of alkyl carbamates (subject to hydrolysis) is 2. The number of aliphatic imine (C=N–C) groups is 1. The number of unbranched alkanes of at least 4 members (excludes halogenated alkanes) is 1. The average Bonchev–Trinajstić information content (AvgIpc) is 3.01. The summed E-state index contributed by atoms with van der Waals surface area (Å²) in [5.74, 6) is -2.48. The molecule has 0 spiro atoms. The molecule has 5 N–H and O–H groups in total. The minimum Gasteiger partial charge on any atom is -0.490 e. The molecule has 1 aromatic rings. The number of carbonyl (C=O) groups excluding carboxylic acids is 5. The fourth-order valence-corrected chi connectivity index (χ4v) is 4.32. The first-order valence-electron chi connectivity index (χ1n) is 16.8. The highest BCUT2D eigenvalue weighted by atomic mass is 16.6. The van der Waals surface area contributed by atoms with Gasteiger partial charge in [0.2, 0.25) is 23.7 Å². The predicted octanol–water partition coefficient (Wildman–Crippen LogP) is 4.20. The lowest BCUT2D eigenvalue weighted by atomic mass is 10.1. The number of anilines is 1. The van der Waals surface area contributed by atoms with Crippen LogP contribution in [0.5, 0.6) is 5.75 Å². The molecule has 0 aromatic heterocycles. The number of nitrogens with zero attached hydrogens (tertiary/aromatic N) is 2. The third kappa shape index (κ3) is 19.1. The summed E-state index contributed by atoms with van der Waals surface area (Å²) in [6.07, 6.45) is 1.78. The van der Waals surface area contributed by atoms with Crippen LogP contribution in [0.2, 0.25) is 0 Å². The van der Waals surface area contributed by atoms with Crippen molar-refractivity contribution in [1.29, 1.82) is 0 Å². The fraction of sp³-hybridized carbons (Fsp3) is 0.528. The molecule has 0 aliphatic carbocycles. The van der Waals surface area contributed by atoms with E-state index in [9.17, 15) is 33.9 Å². The Bertz CT molecular complexity index is 1400. The molecule has 5 amide bonds. The third-order valence-corrected chi connectivity index (χ3v) is 6.54. The summed E-state index contributed by atoms with van der Waals surface area (Å²) in [5.41, 5.74) is -1.09. The van der Waals surface area contributed by atoms with Crippen LogP contribution in [0.1, 0.15) is 80.6 Å². The number of aliphatic carboxylic acids is 1. The van der Waals surface area contributed by atoms with E-state index < -0.39 is 53.3 Å². The van der Waals surface area contributed by atoms with Crippen LogP contribution in [0.4, 0.5) is 15.3 Å². The molecule has 16 nitrogen and oxygen atoms in total. The average molecular weight is 731 g/mol. The molecule has 0 saturated heterocycles. The van der Waals surface area contributed by atoms with Crippen molar-refractivity contribution in [2.45, 2.75) is 104 Å². The number of nitrogens with one attached hydrogen (secondary N) is 4. The summed E-state index contributed by atoms with van der Waals surface area (Å²) in [5, 5.41) is 19.4. The maximum Gasteiger partial charge on any atom is 0.414 e. The zero-order valence-electron chi connectivity index (χ0n) is 31.2. The molecule has 1 aromatic carbocycles. The second kappa shape index (κ2) is 21.7. The molecule has 288 valence electrons. The van der Waals surface area contributed by atoms with E-state index >= 15 is 0 Å². The van der Waals surface area contributed by atoms with Gasteiger partial charge in [-0.1, -0.05) is 18.7 Å². The summed E-state index contributed by atoms with van der Waals surface area (Å²) in [6.45, 7) is 18.9. The lowest BCUT2D eigenvalue weighted by Gasteiger charge is -2.23. The molecular formula is C36H54N6O10. The van der Waals surface area contributed by atoms with Crippen LogP contribution in [-0.2, 0) is 28.7 Å². The van der Waals surface area contributed by atoms with Gasteiger partial charge in [-0.2, -0.15) is 0 Å². The van der Waals surface area contributed by atoms with E-state index in [0.717, 1.165) is 0 Å². The first-order valence-corrected chi connectivity index (χ1v) is 16.8. The molecule has 1 rings (SSSR count). The molecule has 0 bridgehead atoms. The Morgan fingerprint density at radius 3 is 1.92 bits per heavy atom. The normalized spacial score (nSPS) is 12.1. The lowest BCUT2D eigenvalue weighted by Crippen LogP contribution is -2.51. The summed E-state index contributed by atoms with van der Waals surface area (Å²) in [6, 6.07) is 4.34. The van der Waals surface area contributed by atoms with Crippen molar-refractivity contribution < 1.29 is 48.1 Å². The Hall–Kier alpha value is -5.41. The molecule has 0 heterocycles. The largest absolute Gasteiger partial charge is 0.490 e. The van der Waals surface area contributed by atoms with Crippen molar-refractivity contribution in [3.63, 3.8) is 0 Å². The summed E-state index contributed by atoms with van der Waals surface area (Å²) in [4.78, 5) is 80.8. The second-order valence-corrected chi connectivity index (χ2v) is 13.5. The molecule has 52 heavy (non-hydrogen) atoms. The van der Waals surface area contributed by atoms with E-state index in [4.69, 9.17) is 14.2 Å². The van der Waals surface area contributed by atoms with E-state index in [0.29, 0.717) is 30.9 Å². The van der Waals surface area contributed by atoms with Gasteiger partial charge in [0.05, 0.1) is 0 Å². The van der Waals surface area contributed by atoms with Gasteiger partial charge in [0.25, 0.3) is 0 Å². The van der Waals surface area contributed by atoms with Crippen molar-refractivity contribution in [3.8, 4) is 5.75 Å². The van der Waals surface area contributed by atoms with Crippen molar-refractivity contribution in [2.75, 3.05) is 24.6 Å². The molecule has 2 atom stereocenters. The van der Waals surface area contributed by atoms with E-state index in [1.54, 1.807) is 71.9 Å². The Morgan fingerprint density at radius 1 is 0.865 bits per heavy atom. The zero-order valence-corrected chi connectivity index (χ0v) is 31.2. The number of hydrogen-bond donors (Lipinski definition) is 5. The molecule has 16 heteroatoms. The van der Waals surface area contributed by atoms with Crippen LogP contribution < -0.4 is 30.9 Å². The van der Waals surface area contributed by atoms with E-state index in [1.165, 1.54) is 17.9 Å². The van der Waals surface area contributed by atoms with Gasteiger partial charge in [0.1, 0.15) is 35.6 Å². The Labute approximate surface area is 305 Å². The zero-order chi connectivity index (χ0) is 39.5. The monoisotopic (exact) mass is 730 g/mol. The topological polar surface area (TPSA) is 214 Å². The number of guanidine groups is 1. The summed E-state index contributed by atoms with van der Waals surface area (Å²) < 4.78 is 16.0. The maximum absolute atomic E-state index is 13.2. The van der Waals surface area contributed by atoms with Crippen LogP contribution >= 0.6 is 0 Å². The minimum atomic E-state index is -1.27.